The minimum atomic E-state index is 0.998. The summed E-state index contributed by atoms with van der Waals surface area (Å²) >= 11 is 0. The van der Waals surface area contributed by atoms with Crippen molar-refractivity contribution in [2.45, 2.75) is 0 Å². The maximum Gasteiger partial charge on any atom is 0.116 e. The Hall–Kier alpha value is -2.02. The first-order valence-electron chi connectivity index (χ1n) is 3.31. The Morgan fingerprint density at radius 1 is 1.08 bits per heavy atom. The van der Waals surface area contributed by atoms with E-state index >= 15 is 0 Å². The molecule has 2 rings (SSSR count). The van der Waals surface area contributed by atoms with Crippen molar-refractivity contribution in [3.63, 3.8) is 0 Å². The Morgan fingerprint density at radius 3 is 2.58 bits per heavy atom. The Balaban J connectivity index is 0.000000336. The molecule has 0 N–H and O–H groups in total. The summed E-state index contributed by atoms with van der Waals surface area (Å²) in [6.07, 6.45) is 3.37. The zero-order chi connectivity index (χ0) is 8.81. The van der Waals surface area contributed by atoms with Crippen molar-refractivity contribution in [1.82, 2.24) is 9.97 Å². The van der Waals surface area contributed by atoms with Crippen molar-refractivity contribution in [2.75, 3.05) is 0 Å². The van der Waals surface area contributed by atoms with E-state index in [1.165, 1.54) is 0 Å². The average Bonchev–Trinajstić information content (AvgIpc) is 2.21. The molecule has 0 unspecified atom stereocenters. The van der Waals surface area contributed by atoms with Gasteiger partial charge in [-0.05, 0) is 6.07 Å². The quantitative estimate of drug-likeness (QED) is 0.546. The molecule has 0 spiro atoms. The van der Waals surface area contributed by atoms with Crippen LogP contribution in [0.4, 0.5) is 0 Å². The van der Waals surface area contributed by atoms with Gasteiger partial charge < -0.3 is 0 Å². The zero-order valence-corrected chi connectivity index (χ0v) is 6.25. The highest BCUT2D eigenvalue weighted by atomic mass is 14.8. The lowest BCUT2D eigenvalue weighted by molar-refractivity contribution is 1.15. The average molecular weight is 158 g/mol. The van der Waals surface area contributed by atoms with Gasteiger partial charge >= 0.3 is 0 Å². The molecule has 0 aliphatic heterocycles. The van der Waals surface area contributed by atoms with Crippen LogP contribution in [-0.2, 0) is 0 Å². The Kier molecular flexibility index (Phi) is 2.68. The number of para-hydroxylation sites is 1. The van der Waals surface area contributed by atoms with Gasteiger partial charge in [0.05, 0.1) is 5.52 Å². The highest BCUT2D eigenvalue weighted by Crippen LogP contribution is 2.06. The summed E-state index contributed by atoms with van der Waals surface area (Å²) < 4.78 is 0. The minimum Gasteiger partial charge on any atom is -0.244 e. The molecule has 0 atom stereocenters. The van der Waals surface area contributed by atoms with Crippen LogP contribution in [0.3, 0.4) is 0 Å². The molecule has 0 saturated carbocycles. The predicted octanol–water partition coefficient (Wildman–Crippen LogP) is 1.66. The van der Waals surface area contributed by atoms with Gasteiger partial charge in [0, 0.05) is 22.4 Å². The van der Waals surface area contributed by atoms with Crippen LogP contribution in [-0.4, -0.2) is 9.97 Å². The number of nitrogens with zero attached hydrogens (tertiary/aromatic N) is 4. The van der Waals surface area contributed by atoms with E-state index in [4.69, 9.17) is 10.8 Å². The number of hydrogen-bond donors (Lipinski definition) is 0. The second-order valence-corrected chi connectivity index (χ2v) is 2.08. The van der Waals surface area contributed by atoms with Crippen LogP contribution in [0.2, 0.25) is 0 Å². The highest BCUT2D eigenvalue weighted by Gasteiger charge is 1.87. The van der Waals surface area contributed by atoms with E-state index in [0.717, 1.165) is 10.9 Å². The van der Waals surface area contributed by atoms with E-state index in [2.05, 4.69) is 9.97 Å². The standard InChI is InChI=1S/C8H6N2.N2/c1-2-4-8-7(3-1)5-9-6-10-8;1-2/h1-6H;. The van der Waals surface area contributed by atoms with Gasteiger partial charge in [0.25, 0.3) is 0 Å². The molecule has 4 nitrogen and oxygen atoms in total. The number of hydrogen-bond acceptors (Lipinski definition) is 4. The molecule has 58 valence electrons. The molecular formula is C8H6N4. The number of benzene rings is 1. The molecule has 2 aromatic rings. The van der Waals surface area contributed by atoms with Gasteiger partial charge in [-0.3, -0.25) is 0 Å². The topological polar surface area (TPSA) is 73.4 Å². The van der Waals surface area contributed by atoms with Crippen LogP contribution in [0.5, 0.6) is 0 Å². The molecule has 1 aromatic heterocycles. The lowest BCUT2D eigenvalue weighted by Crippen LogP contribution is -1.77. The van der Waals surface area contributed by atoms with Crippen molar-refractivity contribution in [2.24, 2.45) is 0 Å². The maximum atomic E-state index is 6.00. The summed E-state index contributed by atoms with van der Waals surface area (Å²) in [5.41, 5.74) is 0.998. The first kappa shape index (κ1) is 8.08. The van der Waals surface area contributed by atoms with Crippen LogP contribution in [0.25, 0.3) is 10.9 Å². The van der Waals surface area contributed by atoms with Gasteiger partial charge in [0.1, 0.15) is 6.33 Å². The normalized spacial score (nSPS) is 8.50. The van der Waals surface area contributed by atoms with Gasteiger partial charge in [-0.15, -0.1) is 0 Å². The highest BCUT2D eigenvalue weighted by molar-refractivity contribution is 5.76. The molecule has 0 saturated heterocycles. The molecule has 4 heteroatoms. The van der Waals surface area contributed by atoms with E-state index < -0.39 is 0 Å². The third-order valence-electron chi connectivity index (χ3n) is 1.41. The SMILES string of the molecule is N#N.c1ccc2ncncc2c1. The lowest BCUT2D eigenvalue weighted by Gasteiger charge is -1.90. The fraction of sp³-hybridized carbons (Fsp3) is 0. The summed E-state index contributed by atoms with van der Waals surface area (Å²) in [6.45, 7) is 0. The van der Waals surface area contributed by atoms with Gasteiger partial charge in [-0.1, -0.05) is 18.2 Å². The van der Waals surface area contributed by atoms with Crippen molar-refractivity contribution in [3.05, 3.63) is 36.8 Å². The van der Waals surface area contributed by atoms with E-state index in [1.54, 1.807) is 6.33 Å². The van der Waals surface area contributed by atoms with Crippen LogP contribution in [0.1, 0.15) is 0 Å². The zero-order valence-electron chi connectivity index (χ0n) is 6.25. The smallest absolute Gasteiger partial charge is 0.116 e. The predicted molar refractivity (Wildman–Crippen MR) is 43.0 cm³/mol. The summed E-state index contributed by atoms with van der Waals surface area (Å²) in [7, 11) is 0. The molecule has 0 radical (unpaired) electrons. The molecule has 0 bridgehead atoms. The van der Waals surface area contributed by atoms with Crippen molar-refractivity contribution in [3.8, 4) is 0 Å². The Morgan fingerprint density at radius 2 is 1.83 bits per heavy atom. The van der Waals surface area contributed by atoms with E-state index in [0.29, 0.717) is 0 Å². The van der Waals surface area contributed by atoms with E-state index in [9.17, 15) is 0 Å². The second-order valence-electron chi connectivity index (χ2n) is 2.08. The van der Waals surface area contributed by atoms with Crippen LogP contribution in [0.15, 0.2) is 36.8 Å². The first-order chi connectivity index (χ1) is 5.97. The molecule has 0 aliphatic rings. The molecule has 0 amide bonds. The number of rotatable bonds is 0. The third-order valence-corrected chi connectivity index (χ3v) is 1.41. The van der Waals surface area contributed by atoms with Crippen molar-refractivity contribution < 1.29 is 0 Å². The van der Waals surface area contributed by atoms with E-state index in [-0.39, 0.29) is 0 Å². The van der Waals surface area contributed by atoms with Gasteiger partial charge in [0.15, 0.2) is 0 Å². The fourth-order valence-electron chi connectivity index (χ4n) is 0.923. The Labute approximate surface area is 69.3 Å². The number of fused-ring (bicyclic) bond motifs is 1. The van der Waals surface area contributed by atoms with Crippen molar-refractivity contribution >= 4 is 10.9 Å². The largest absolute Gasteiger partial charge is 0.244 e. The monoisotopic (exact) mass is 158 g/mol. The van der Waals surface area contributed by atoms with Crippen LogP contribution < -0.4 is 0 Å². The van der Waals surface area contributed by atoms with Gasteiger partial charge in [0.2, 0.25) is 0 Å². The summed E-state index contributed by atoms with van der Waals surface area (Å²) in [6, 6.07) is 7.91. The summed E-state index contributed by atoms with van der Waals surface area (Å²) in [4.78, 5) is 7.97. The van der Waals surface area contributed by atoms with E-state index in [1.807, 2.05) is 30.5 Å². The third kappa shape index (κ3) is 1.52. The molecular weight excluding hydrogens is 152 g/mol. The second kappa shape index (κ2) is 3.98. The first-order valence-corrected chi connectivity index (χ1v) is 3.31. The number of aromatic nitrogens is 2. The molecule has 1 heterocycles. The van der Waals surface area contributed by atoms with Crippen LogP contribution >= 0.6 is 0 Å². The minimum absolute atomic E-state index is 0.998. The maximum absolute atomic E-state index is 6.00. The molecule has 0 aliphatic carbocycles. The molecule has 12 heavy (non-hydrogen) atoms. The molecule has 1 aromatic carbocycles. The summed E-state index contributed by atoms with van der Waals surface area (Å²) in [5, 5.41) is 13.1. The van der Waals surface area contributed by atoms with Crippen LogP contribution in [0, 0.1) is 10.8 Å². The Bertz CT molecular complexity index is 317. The lowest BCUT2D eigenvalue weighted by atomic mass is 10.2. The molecule has 0 fully saturated rings. The fourth-order valence-corrected chi connectivity index (χ4v) is 0.923. The van der Waals surface area contributed by atoms with Gasteiger partial charge in [-0.25, -0.2) is 9.97 Å². The van der Waals surface area contributed by atoms with Crippen molar-refractivity contribution in [1.29, 1.82) is 10.8 Å². The summed E-state index contributed by atoms with van der Waals surface area (Å²) in [5.74, 6) is 0. The van der Waals surface area contributed by atoms with Gasteiger partial charge in [-0.2, -0.15) is 0 Å².